The Labute approximate surface area is 133 Å². The standard InChI is InChI=1S/C16H19N3O4/c1-10-14(11(2)23-19-10)7-8-17-16(22)18-9-12-3-5-13(6-4-12)15(20)21/h3-6H,7-9H2,1-2H3,(H,20,21)(H2,17,18,22). The Hall–Kier alpha value is -2.83. The Bertz CT molecular complexity index is 672. The third kappa shape index (κ3) is 4.57. The van der Waals surface area contributed by atoms with Gasteiger partial charge in [-0.25, -0.2) is 9.59 Å². The molecule has 3 N–H and O–H groups in total. The number of aromatic carboxylic acids is 1. The molecule has 1 heterocycles. The van der Waals surface area contributed by atoms with Gasteiger partial charge < -0.3 is 20.3 Å². The van der Waals surface area contributed by atoms with Crippen LogP contribution in [0.4, 0.5) is 4.79 Å². The van der Waals surface area contributed by atoms with Crippen molar-refractivity contribution in [2.45, 2.75) is 26.8 Å². The van der Waals surface area contributed by atoms with E-state index in [-0.39, 0.29) is 11.6 Å². The third-order valence-electron chi connectivity index (χ3n) is 3.50. The molecule has 0 radical (unpaired) electrons. The number of carboxylic acids is 1. The zero-order chi connectivity index (χ0) is 16.8. The molecular formula is C16H19N3O4. The molecular weight excluding hydrogens is 298 g/mol. The number of urea groups is 1. The zero-order valence-corrected chi connectivity index (χ0v) is 13.0. The van der Waals surface area contributed by atoms with Crippen LogP contribution in [0.3, 0.4) is 0 Å². The number of amides is 2. The van der Waals surface area contributed by atoms with Crippen LogP contribution in [-0.4, -0.2) is 28.8 Å². The smallest absolute Gasteiger partial charge is 0.335 e. The summed E-state index contributed by atoms with van der Waals surface area (Å²) in [6.07, 6.45) is 0.655. The molecule has 1 aromatic heterocycles. The van der Waals surface area contributed by atoms with Crippen molar-refractivity contribution >= 4 is 12.0 Å². The number of carbonyl (C=O) groups excluding carboxylic acids is 1. The highest BCUT2D eigenvalue weighted by molar-refractivity contribution is 5.87. The first kappa shape index (κ1) is 16.5. The molecule has 0 aliphatic carbocycles. The second-order valence-electron chi connectivity index (χ2n) is 5.16. The first-order valence-electron chi connectivity index (χ1n) is 7.23. The van der Waals surface area contributed by atoms with Crippen molar-refractivity contribution < 1.29 is 19.2 Å². The van der Waals surface area contributed by atoms with E-state index in [9.17, 15) is 9.59 Å². The van der Waals surface area contributed by atoms with Crippen LogP contribution in [0.2, 0.25) is 0 Å². The quantitative estimate of drug-likeness (QED) is 0.756. The predicted molar refractivity (Wildman–Crippen MR) is 83.3 cm³/mol. The number of benzene rings is 1. The van der Waals surface area contributed by atoms with E-state index >= 15 is 0 Å². The van der Waals surface area contributed by atoms with Gasteiger partial charge in [0.2, 0.25) is 0 Å². The van der Waals surface area contributed by atoms with E-state index in [0.717, 1.165) is 22.6 Å². The number of hydrogen-bond acceptors (Lipinski definition) is 4. The Kier molecular flexibility index (Phi) is 5.35. The summed E-state index contributed by atoms with van der Waals surface area (Å²) in [5, 5.41) is 18.2. The van der Waals surface area contributed by atoms with Crippen LogP contribution in [-0.2, 0) is 13.0 Å². The number of rotatable bonds is 6. The molecule has 2 amide bonds. The summed E-state index contributed by atoms with van der Waals surface area (Å²) >= 11 is 0. The molecule has 122 valence electrons. The maximum absolute atomic E-state index is 11.7. The summed E-state index contributed by atoms with van der Waals surface area (Å²) in [7, 11) is 0. The number of aryl methyl sites for hydroxylation is 2. The second kappa shape index (κ2) is 7.44. The first-order chi connectivity index (χ1) is 11.0. The molecule has 0 aliphatic heterocycles. The van der Waals surface area contributed by atoms with Crippen LogP contribution in [0.5, 0.6) is 0 Å². The fourth-order valence-corrected chi connectivity index (χ4v) is 2.17. The average Bonchev–Trinajstić information content (AvgIpc) is 2.85. The lowest BCUT2D eigenvalue weighted by Gasteiger charge is -2.08. The summed E-state index contributed by atoms with van der Waals surface area (Å²) in [6, 6.07) is 6.09. The maximum atomic E-state index is 11.7. The van der Waals surface area contributed by atoms with Crippen molar-refractivity contribution in [3.8, 4) is 0 Å². The fourth-order valence-electron chi connectivity index (χ4n) is 2.17. The number of nitrogens with one attached hydrogen (secondary N) is 2. The maximum Gasteiger partial charge on any atom is 0.335 e. The van der Waals surface area contributed by atoms with Crippen LogP contribution in [0, 0.1) is 13.8 Å². The van der Waals surface area contributed by atoms with Gasteiger partial charge in [-0.2, -0.15) is 0 Å². The van der Waals surface area contributed by atoms with Crippen LogP contribution in [0.25, 0.3) is 0 Å². The van der Waals surface area contributed by atoms with E-state index in [2.05, 4.69) is 15.8 Å². The predicted octanol–water partition coefficient (Wildman–Crippen LogP) is 2.03. The van der Waals surface area contributed by atoms with Gasteiger partial charge in [0.1, 0.15) is 5.76 Å². The lowest BCUT2D eigenvalue weighted by atomic mass is 10.1. The molecule has 0 unspecified atom stereocenters. The summed E-state index contributed by atoms with van der Waals surface area (Å²) in [5.41, 5.74) is 2.89. The van der Waals surface area contributed by atoms with E-state index in [1.54, 1.807) is 12.1 Å². The van der Waals surface area contributed by atoms with Crippen molar-refractivity contribution in [1.82, 2.24) is 15.8 Å². The van der Waals surface area contributed by atoms with E-state index in [0.29, 0.717) is 19.5 Å². The molecule has 0 saturated carbocycles. The van der Waals surface area contributed by atoms with Gasteiger partial charge in [0, 0.05) is 18.7 Å². The van der Waals surface area contributed by atoms with Gasteiger partial charge in [0.25, 0.3) is 0 Å². The van der Waals surface area contributed by atoms with Gasteiger partial charge in [-0.3, -0.25) is 0 Å². The molecule has 0 atom stereocenters. The van der Waals surface area contributed by atoms with Crippen molar-refractivity contribution in [1.29, 1.82) is 0 Å². The van der Waals surface area contributed by atoms with Crippen LogP contribution < -0.4 is 10.6 Å². The normalized spacial score (nSPS) is 10.3. The van der Waals surface area contributed by atoms with Gasteiger partial charge in [0.05, 0.1) is 11.3 Å². The second-order valence-corrected chi connectivity index (χ2v) is 5.16. The number of carbonyl (C=O) groups is 2. The first-order valence-corrected chi connectivity index (χ1v) is 7.23. The van der Waals surface area contributed by atoms with Gasteiger partial charge in [0.15, 0.2) is 0 Å². The average molecular weight is 317 g/mol. The SMILES string of the molecule is Cc1noc(C)c1CCNC(=O)NCc1ccc(C(=O)O)cc1. The number of hydrogen-bond donors (Lipinski definition) is 3. The van der Waals surface area contributed by atoms with Gasteiger partial charge >= 0.3 is 12.0 Å². The molecule has 0 saturated heterocycles. The molecule has 1 aromatic carbocycles. The molecule has 7 nitrogen and oxygen atoms in total. The minimum Gasteiger partial charge on any atom is -0.478 e. The highest BCUT2D eigenvalue weighted by Gasteiger charge is 2.09. The van der Waals surface area contributed by atoms with Crippen LogP contribution >= 0.6 is 0 Å². The minimum absolute atomic E-state index is 0.220. The Balaban J connectivity index is 1.74. The number of nitrogens with zero attached hydrogens (tertiary/aromatic N) is 1. The van der Waals surface area contributed by atoms with E-state index in [1.807, 2.05) is 13.8 Å². The van der Waals surface area contributed by atoms with Crippen molar-refractivity contribution in [2.24, 2.45) is 0 Å². The van der Waals surface area contributed by atoms with E-state index in [4.69, 9.17) is 9.63 Å². The van der Waals surface area contributed by atoms with Gasteiger partial charge in [-0.1, -0.05) is 17.3 Å². The van der Waals surface area contributed by atoms with Crippen LogP contribution in [0.15, 0.2) is 28.8 Å². The molecule has 0 aliphatic rings. The molecule has 2 rings (SSSR count). The molecule has 0 spiro atoms. The third-order valence-corrected chi connectivity index (χ3v) is 3.50. The molecule has 0 bridgehead atoms. The van der Waals surface area contributed by atoms with Gasteiger partial charge in [-0.05, 0) is 38.0 Å². The molecule has 0 fully saturated rings. The van der Waals surface area contributed by atoms with Crippen molar-refractivity contribution in [2.75, 3.05) is 6.54 Å². The lowest BCUT2D eigenvalue weighted by Crippen LogP contribution is -2.36. The Morgan fingerprint density at radius 2 is 1.87 bits per heavy atom. The zero-order valence-electron chi connectivity index (χ0n) is 13.0. The lowest BCUT2D eigenvalue weighted by molar-refractivity contribution is 0.0697. The van der Waals surface area contributed by atoms with Crippen molar-refractivity contribution in [3.05, 3.63) is 52.4 Å². The molecule has 7 heteroatoms. The Morgan fingerprint density at radius 3 is 2.43 bits per heavy atom. The summed E-state index contributed by atoms with van der Waals surface area (Å²) in [4.78, 5) is 22.5. The van der Waals surface area contributed by atoms with Crippen LogP contribution in [0.1, 0.15) is 32.9 Å². The highest BCUT2D eigenvalue weighted by atomic mass is 16.5. The molecule has 23 heavy (non-hydrogen) atoms. The monoisotopic (exact) mass is 317 g/mol. The summed E-state index contributed by atoms with van der Waals surface area (Å²) < 4.78 is 5.06. The number of aromatic nitrogens is 1. The Morgan fingerprint density at radius 1 is 1.17 bits per heavy atom. The van der Waals surface area contributed by atoms with Gasteiger partial charge in [-0.15, -0.1) is 0 Å². The largest absolute Gasteiger partial charge is 0.478 e. The fraction of sp³-hybridized carbons (Fsp3) is 0.312. The highest BCUT2D eigenvalue weighted by Crippen LogP contribution is 2.12. The number of carboxylic acid groups (broad SMARTS) is 1. The minimum atomic E-state index is -0.971. The summed E-state index contributed by atoms with van der Waals surface area (Å²) in [6.45, 7) is 4.52. The van der Waals surface area contributed by atoms with E-state index < -0.39 is 5.97 Å². The molecule has 2 aromatic rings. The van der Waals surface area contributed by atoms with E-state index in [1.165, 1.54) is 12.1 Å². The summed E-state index contributed by atoms with van der Waals surface area (Å²) in [5.74, 6) is -0.204. The topological polar surface area (TPSA) is 104 Å². The van der Waals surface area contributed by atoms with Crippen molar-refractivity contribution in [3.63, 3.8) is 0 Å².